The fourth-order valence-corrected chi connectivity index (χ4v) is 4.10. The number of hydrogen-bond acceptors (Lipinski definition) is 3. The Morgan fingerprint density at radius 1 is 1.20 bits per heavy atom. The standard InChI is InChI=1S/C18H19FN2O3S/c1-2-20-25(23,24)13-8-6-12(7-9-13)18(22)21-17-11-10-14-15(17)4-3-5-16(14)19/h3-9,17,20H,2,10-11H2,1H3,(H,21,22). The van der Waals surface area contributed by atoms with E-state index in [0.717, 1.165) is 5.56 Å². The highest BCUT2D eigenvalue weighted by Gasteiger charge is 2.26. The summed E-state index contributed by atoms with van der Waals surface area (Å²) in [6.45, 7) is 1.99. The Morgan fingerprint density at radius 3 is 2.60 bits per heavy atom. The lowest BCUT2D eigenvalue weighted by atomic mass is 10.1. The zero-order chi connectivity index (χ0) is 18.0. The molecule has 0 fully saturated rings. The van der Waals surface area contributed by atoms with E-state index in [4.69, 9.17) is 0 Å². The van der Waals surface area contributed by atoms with E-state index in [2.05, 4.69) is 10.0 Å². The maximum Gasteiger partial charge on any atom is 0.251 e. The largest absolute Gasteiger partial charge is 0.345 e. The van der Waals surface area contributed by atoms with Gasteiger partial charge in [0.1, 0.15) is 5.82 Å². The Bertz CT molecular complexity index is 895. The second kappa shape index (κ2) is 6.93. The molecule has 2 N–H and O–H groups in total. The number of rotatable bonds is 5. The summed E-state index contributed by atoms with van der Waals surface area (Å²) >= 11 is 0. The van der Waals surface area contributed by atoms with Crippen LogP contribution in [0.15, 0.2) is 47.4 Å². The maximum absolute atomic E-state index is 13.8. The highest BCUT2D eigenvalue weighted by atomic mass is 32.2. The SMILES string of the molecule is CCNS(=O)(=O)c1ccc(C(=O)NC2CCc3c(F)cccc32)cc1. The van der Waals surface area contributed by atoms with E-state index in [-0.39, 0.29) is 22.7 Å². The first kappa shape index (κ1) is 17.6. The molecule has 1 aliphatic carbocycles. The van der Waals surface area contributed by atoms with Crippen LogP contribution in [0.4, 0.5) is 4.39 Å². The first-order chi connectivity index (χ1) is 11.9. The second-order valence-corrected chi connectivity index (χ2v) is 7.66. The van der Waals surface area contributed by atoms with Crippen LogP contribution >= 0.6 is 0 Å². The normalized spacial score (nSPS) is 16.5. The zero-order valence-corrected chi connectivity index (χ0v) is 14.6. The third-order valence-electron chi connectivity index (χ3n) is 4.28. The molecule has 0 spiro atoms. The van der Waals surface area contributed by atoms with Crippen molar-refractivity contribution < 1.29 is 17.6 Å². The quantitative estimate of drug-likeness (QED) is 0.858. The summed E-state index contributed by atoms with van der Waals surface area (Å²) in [5.41, 5.74) is 1.82. The molecule has 1 unspecified atom stereocenters. The average Bonchev–Trinajstić information content (AvgIpc) is 2.99. The number of carbonyl (C=O) groups excluding carboxylic acids is 1. The number of hydrogen-bond donors (Lipinski definition) is 2. The molecule has 0 aromatic heterocycles. The van der Waals surface area contributed by atoms with Gasteiger partial charge in [-0.05, 0) is 54.3 Å². The van der Waals surface area contributed by atoms with Gasteiger partial charge in [-0.2, -0.15) is 0 Å². The molecule has 3 rings (SSSR count). The van der Waals surface area contributed by atoms with E-state index >= 15 is 0 Å². The van der Waals surface area contributed by atoms with Gasteiger partial charge < -0.3 is 5.32 Å². The lowest BCUT2D eigenvalue weighted by Gasteiger charge is -2.14. The van der Waals surface area contributed by atoms with Crippen LogP contribution in [-0.4, -0.2) is 20.9 Å². The Balaban J connectivity index is 1.74. The van der Waals surface area contributed by atoms with Gasteiger partial charge in [0.25, 0.3) is 5.91 Å². The molecule has 1 amide bonds. The van der Waals surface area contributed by atoms with E-state index in [1.165, 1.54) is 30.3 Å². The number of nitrogens with one attached hydrogen (secondary N) is 2. The molecule has 0 saturated carbocycles. The molecule has 0 radical (unpaired) electrons. The number of carbonyl (C=O) groups is 1. The van der Waals surface area contributed by atoms with Gasteiger partial charge >= 0.3 is 0 Å². The van der Waals surface area contributed by atoms with Gasteiger partial charge in [0.05, 0.1) is 10.9 Å². The van der Waals surface area contributed by atoms with Crippen molar-refractivity contribution in [3.8, 4) is 0 Å². The fraction of sp³-hybridized carbons (Fsp3) is 0.278. The van der Waals surface area contributed by atoms with E-state index < -0.39 is 10.0 Å². The molecule has 1 atom stereocenters. The second-order valence-electron chi connectivity index (χ2n) is 5.90. The van der Waals surface area contributed by atoms with Crippen molar-refractivity contribution in [2.45, 2.75) is 30.7 Å². The van der Waals surface area contributed by atoms with Crippen molar-refractivity contribution in [3.63, 3.8) is 0 Å². The first-order valence-electron chi connectivity index (χ1n) is 8.10. The summed E-state index contributed by atoms with van der Waals surface area (Å²) in [6, 6.07) is 10.4. The van der Waals surface area contributed by atoms with Crippen molar-refractivity contribution in [1.82, 2.24) is 10.0 Å². The summed E-state index contributed by atoms with van der Waals surface area (Å²) in [5, 5.41) is 2.89. The minimum atomic E-state index is -3.54. The zero-order valence-electron chi connectivity index (χ0n) is 13.8. The molecule has 0 aliphatic heterocycles. The van der Waals surface area contributed by atoms with Gasteiger partial charge in [-0.1, -0.05) is 19.1 Å². The first-order valence-corrected chi connectivity index (χ1v) is 9.58. The molecule has 25 heavy (non-hydrogen) atoms. The topological polar surface area (TPSA) is 75.3 Å². The average molecular weight is 362 g/mol. The summed E-state index contributed by atoms with van der Waals surface area (Å²) in [7, 11) is -3.54. The van der Waals surface area contributed by atoms with Crippen molar-refractivity contribution in [1.29, 1.82) is 0 Å². The van der Waals surface area contributed by atoms with E-state index in [0.29, 0.717) is 30.5 Å². The molecule has 0 saturated heterocycles. The van der Waals surface area contributed by atoms with Gasteiger partial charge in [0.2, 0.25) is 10.0 Å². The monoisotopic (exact) mass is 362 g/mol. The molecule has 1 aliphatic rings. The molecule has 5 nitrogen and oxygen atoms in total. The van der Waals surface area contributed by atoms with Crippen LogP contribution in [0, 0.1) is 5.82 Å². The number of halogens is 1. The minimum Gasteiger partial charge on any atom is -0.345 e. The van der Waals surface area contributed by atoms with Gasteiger partial charge in [0, 0.05) is 12.1 Å². The molecular weight excluding hydrogens is 343 g/mol. The summed E-state index contributed by atoms with van der Waals surface area (Å²) in [4.78, 5) is 12.5. The van der Waals surface area contributed by atoms with Crippen molar-refractivity contribution in [3.05, 3.63) is 65.0 Å². The Morgan fingerprint density at radius 2 is 1.92 bits per heavy atom. The molecule has 7 heteroatoms. The summed E-state index contributed by atoms with van der Waals surface area (Å²) in [5.74, 6) is -0.554. The number of fused-ring (bicyclic) bond motifs is 1. The fourth-order valence-electron chi connectivity index (χ4n) is 3.06. The van der Waals surface area contributed by atoms with Crippen LogP contribution in [0.3, 0.4) is 0 Å². The molecule has 0 heterocycles. The van der Waals surface area contributed by atoms with Crippen molar-refractivity contribution in [2.75, 3.05) is 6.54 Å². The lowest BCUT2D eigenvalue weighted by Crippen LogP contribution is -2.27. The maximum atomic E-state index is 13.8. The van der Waals surface area contributed by atoms with Gasteiger partial charge in [-0.25, -0.2) is 17.5 Å². The highest BCUT2D eigenvalue weighted by molar-refractivity contribution is 7.89. The third-order valence-corrected chi connectivity index (χ3v) is 5.84. The van der Waals surface area contributed by atoms with Crippen LogP contribution < -0.4 is 10.0 Å². The van der Waals surface area contributed by atoms with E-state index in [1.54, 1.807) is 13.0 Å². The molecular formula is C18H19FN2O3S. The lowest BCUT2D eigenvalue weighted by molar-refractivity contribution is 0.0936. The van der Waals surface area contributed by atoms with Gasteiger partial charge in [-0.15, -0.1) is 0 Å². The predicted octanol–water partition coefficient (Wildman–Crippen LogP) is 2.54. The third kappa shape index (κ3) is 3.57. The predicted molar refractivity (Wildman–Crippen MR) is 92.2 cm³/mol. The Kier molecular flexibility index (Phi) is 4.87. The number of sulfonamides is 1. The van der Waals surface area contributed by atoms with Crippen LogP contribution in [0.1, 0.15) is 40.9 Å². The van der Waals surface area contributed by atoms with Crippen molar-refractivity contribution >= 4 is 15.9 Å². The molecule has 132 valence electrons. The van der Waals surface area contributed by atoms with E-state index in [1.807, 2.05) is 6.07 Å². The van der Waals surface area contributed by atoms with Crippen molar-refractivity contribution in [2.24, 2.45) is 0 Å². The van der Waals surface area contributed by atoms with E-state index in [9.17, 15) is 17.6 Å². The number of benzene rings is 2. The highest BCUT2D eigenvalue weighted by Crippen LogP contribution is 2.32. The Hall–Kier alpha value is -2.25. The van der Waals surface area contributed by atoms with Crippen LogP contribution in [-0.2, 0) is 16.4 Å². The Labute approximate surface area is 146 Å². The van der Waals surface area contributed by atoms with Crippen LogP contribution in [0.25, 0.3) is 0 Å². The summed E-state index contributed by atoms with van der Waals surface area (Å²) < 4.78 is 40.0. The minimum absolute atomic E-state index is 0.110. The van der Waals surface area contributed by atoms with Gasteiger partial charge in [0.15, 0.2) is 0 Å². The molecule has 2 aromatic rings. The molecule has 0 bridgehead atoms. The number of amides is 1. The van der Waals surface area contributed by atoms with Crippen LogP contribution in [0.5, 0.6) is 0 Å². The smallest absolute Gasteiger partial charge is 0.251 e. The van der Waals surface area contributed by atoms with Gasteiger partial charge in [-0.3, -0.25) is 4.79 Å². The molecule has 2 aromatic carbocycles. The summed E-state index contributed by atoms with van der Waals surface area (Å²) in [6.07, 6.45) is 1.24. The van der Waals surface area contributed by atoms with Crippen LogP contribution in [0.2, 0.25) is 0 Å².